The zero-order valence-corrected chi connectivity index (χ0v) is 9.15. The minimum absolute atomic E-state index is 0.649. The summed E-state index contributed by atoms with van der Waals surface area (Å²) in [5.41, 5.74) is 8.04. The summed E-state index contributed by atoms with van der Waals surface area (Å²) in [6.45, 7) is 2.86. The van der Waals surface area contributed by atoms with Crippen molar-refractivity contribution < 1.29 is 0 Å². The van der Waals surface area contributed by atoms with Gasteiger partial charge >= 0.3 is 0 Å². The molecule has 0 bridgehead atoms. The number of hydrogen-bond donors (Lipinski definition) is 0. The van der Waals surface area contributed by atoms with Gasteiger partial charge in [0.15, 0.2) is 0 Å². The SMILES string of the molecule is CCCCC=CCCCCCN=[N+]=[N-]. The van der Waals surface area contributed by atoms with Crippen molar-refractivity contribution in [2.75, 3.05) is 6.54 Å². The van der Waals surface area contributed by atoms with Crippen LogP contribution in [0.15, 0.2) is 17.3 Å². The molecule has 0 saturated heterocycles. The van der Waals surface area contributed by atoms with Crippen LogP contribution in [0.5, 0.6) is 0 Å². The van der Waals surface area contributed by atoms with Gasteiger partial charge in [0.05, 0.1) is 0 Å². The van der Waals surface area contributed by atoms with E-state index in [4.69, 9.17) is 5.53 Å². The molecule has 0 fully saturated rings. The van der Waals surface area contributed by atoms with Gasteiger partial charge in [-0.05, 0) is 31.2 Å². The fourth-order valence-corrected chi connectivity index (χ4v) is 1.22. The molecule has 0 saturated carbocycles. The Kier molecular flexibility index (Phi) is 11.2. The minimum Gasteiger partial charge on any atom is -0.0940 e. The maximum atomic E-state index is 8.04. The summed E-state index contributed by atoms with van der Waals surface area (Å²) in [4.78, 5) is 2.71. The summed E-state index contributed by atoms with van der Waals surface area (Å²) in [5.74, 6) is 0. The Morgan fingerprint density at radius 2 is 1.79 bits per heavy atom. The van der Waals surface area contributed by atoms with E-state index in [9.17, 15) is 0 Å². The van der Waals surface area contributed by atoms with Gasteiger partial charge in [0.1, 0.15) is 0 Å². The molecule has 0 unspecified atom stereocenters. The first kappa shape index (κ1) is 13.1. The van der Waals surface area contributed by atoms with Crippen LogP contribution in [0.3, 0.4) is 0 Å². The van der Waals surface area contributed by atoms with Gasteiger partial charge < -0.3 is 0 Å². The molecule has 0 atom stereocenters. The van der Waals surface area contributed by atoms with Gasteiger partial charge in [-0.25, -0.2) is 0 Å². The quantitative estimate of drug-likeness (QED) is 0.170. The highest BCUT2D eigenvalue weighted by molar-refractivity contribution is 4.81. The Labute approximate surface area is 86.8 Å². The van der Waals surface area contributed by atoms with Gasteiger partial charge in [-0.3, -0.25) is 0 Å². The van der Waals surface area contributed by atoms with Crippen molar-refractivity contribution in [1.29, 1.82) is 0 Å². The molecule has 0 amide bonds. The fraction of sp³-hybridized carbons (Fsp3) is 0.818. The smallest absolute Gasteiger partial charge is 0.0257 e. The zero-order valence-electron chi connectivity index (χ0n) is 9.15. The van der Waals surface area contributed by atoms with Gasteiger partial charge in [0.25, 0.3) is 0 Å². The minimum atomic E-state index is 0.649. The molecule has 0 aliphatic rings. The monoisotopic (exact) mass is 195 g/mol. The summed E-state index contributed by atoms with van der Waals surface area (Å²) in [6.07, 6.45) is 12.9. The fourth-order valence-electron chi connectivity index (χ4n) is 1.22. The van der Waals surface area contributed by atoms with Crippen molar-refractivity contribution in [3.63, 3.8) is 0 Å². The van der Waals surface area contributed by atoms with Crippen molar-refractivity contribution in [3.05, 3.63) is 22.6 Å². The van der Waals surface area contributed by atoms with Gasteiger partial charge in [0.2, 0.25) is 0 Å². The van der Waals surface area contributed by atoms with Crippen LogP contribution in [0.2, 0.25) is 0 Å². The van der Waals surface area contributed by atoms with Crippen LogP contribution in [-0.2, 0) is 0 Å². The van der Waals surface area contributed by atoms with Crippen molar-refractivity contribution >= 4 is 0 Å². The maximum Gasteiger partial charge on any atom is 0.0257 e. The van der Waals surface area contributed by atoms with Crippen molar-refractivity contribution in [2.45, 2.75) is 51.9 Å². The molecular formula is C11H21N3. The molecule has 3 heteroatoms. The molecule has 0 aliphatic heterocycles. The van der Waals surface area contributed by atoms with E-state index in [0.717, 1.165) is 12.8 Å². The molecule has 0 aromatic rings. The number of azide groups is 1. The summed E-state index contributed by atoms with van der Waals surface area (Å²) in [7, 11) is 0. The molecule has 0 N–H and O–H groups in total. The molecule has 0 radical (unpaired) electrons. The Hall–Kier alpha value is -0.950. The first-order valence-corrected chi connectivity index (χ1v) is 5.57. The first-order chi connectivity index (χ1) is 6.91. The molecule has 14 heavy (non-hydrogen) atoms. The van der Waals surface area contributed by atoms with E-state index in [1.54, 1.807) is 0 Å². The topological polar surface area (TPSA) is 48.8 Å². The molecule has 0 aromatic carbocycles. The van der Waals surface area contributed by atoms with E-state index in [1.807, 2.05) is 0 Å². The molecule has 0 heterocycles. The van der Waals surface area contributed by atoms with Crippen LogP contribution in [0.1, 0.15) is 51.9 Å². The second kappa shape index (κ2) is 12.0. The van der Waals surface area contributed by atoms with Crippen LogP contribution in [0.25, 0.3) is 10.4 Å². The molecular weight excluding hydrogens is 174 g/mol. The molecule has 0 aromatic heterocycles. The molecule has 3 nitrogen and oxygen atoms in total. The standard InChI is InChI=1S/C11H21N3/c1-2-3-4-5-6-7-8-9-10-11-13-14-12/h5-6H,2-4,7-11H2,1H3. The number of nitrogens with zero attached hydrogens (tertiary/aromatic N) is 3. The normalized spacial score (nSPS) is 10.4. The lowest BCUT2D eigenvalue weighted by molar-refractivity contribution is 0.692. The van der Waals surface area contributed by atoms with Crippen LogP contribution >= 0.6 is 0 Å². The second-order valence-corrected chi connectivity index (χ2v) is 3.42. The van der Waals surface area contributed by atoms with Crippen molar-refractivity contribution in [2.24, 2.45) is 5.11 Å². The van der Waals surface area contributed by atoms with Gasteiger partial charge in [-0.1, -0.05) is 43.5 Å². The van der Waals surface area contributed by atoms with Crippen LogP contribution < -0.4 is 0 Å². The van der Waals surface area contributed by atoms with Crippen molar-refractivity contribution in [3.8, 4) is 0 Å². The van der Waals surface area contributed by atoms with Crippen molar-refractivity contribution in [1.82, 2.24) is 0 Å². The number of rotatable bonds is 9. The van der Waals surface area contributed by atoms with Gasteiger partial charge in [0, 0.05) is 11.5 Å². The lowest BCUT2D eigenvalue weighted by Gasteiger charge is -1.94. The number of allylic oxidation sites excluding steroid dienone is 2. The Morgan fingerprint density at radius 1 is 1.07 bits per heavy atom. The average Bonchev–Trinajstić information content (AvgIpc) is 2.21. The van der Waals surface area contributed by atoms with E-state index in [-0.39, 0.29) is 0 Å². The molecule has 80 valence electrons. The highest BCUT2D eigenvalue weighted by atomic mass is 15.1. The summed E-state index contributed by atoms with van der Waals surface area (Å²) >= 11 is 0. The van der Waals surface area contributed by atoms with E-state index >= 15 is 0 Å². The lowest BCUT2D eigenvalue weighted by atomic mass is 10.1. The predicted molar refractivity (Wildman–Crippen MR) is 61.1 cm³/mol. The third kappa shape index (κ3) is 11.1. The highest BCUT2D eigenvalue weighted by Crippen LogP contribution is 2.02. The number of unbranched alkanes of at least 4 members (excludes halogenated alkanes) is 5. The van der Waals surface area contributed by atoms with E-state index in [0.29, 0.717) is 6.54 Å². The largest absolute Gasteiger partial charge is 0.0940 e. The second-order valence-electron chi connectivity index (χ2n) is 3.42. The highest BCUT2D eigenvalue weighted by Gasteiger charge is 1.85. The summed E-state index contributed by atoms with van der Waals surface area (Å²) in [6, 6.07) is 0. The third-order valence-electron chi connectivity index (χ3n) is 2.08. The third-order valence-corrected chi connectivity index (χ3v) is 2.08. The maximum absolute atomic E-state index is 8.04. The zero-order chi connectivity index (χ0) is 10.5. The Balaban J connectivity index is 3.04. The molecule has 0 spiro atoms. The average molecular weight is 195 g/mol. The van der Waals surface area contributed by atoms with E-state index in [2.05, 4.69) is 29.1 Å². The Morgan fingerprint density at radius 3 is 2.43 bits per heavy atom. The van der Waals surface area contributed by atoms with Crippen LogP contribution in [0, 0.1) is 0 Å². The number of hydrogen-bond acceptors (Lipinski definition) is 1. The van der Waals surface area contributed by atoms with Crippen LogP contribution in [0.4, 0.5) is 0 Å². The first-order valence-electron chi connectivity index (χ1n) is 5.57. The lowest BCUT2D eigenvalue weighted by Crippen LogP contribution is -1.79. The molecule has 0 aliphatic carbocycles. The van der Waals surface area contributed by atoms with E-state index < -0.39 is 0 Å². The Bertz CT molecular complexity index is 181. The summed E-state index contributed by atoms with van der Waals surface area (Å²) in [5, 5.41) is 3.49. The summed E-state index contributed by atoms with van der Waals surface area (Å²) < 4.78 is 0. The van der Waals surface area contributed by atoms with Crippen LogP contribution in [-0.4, -0.2) is 6.54 Å². The van der Waals surface area contributed by atoms with Gasteiger partial charge in [-0.2, -0.15) is 0 Å². The predicted octanol–water partition coefficient (Wildman–Crippen LogP) is 4.60. The van der Waals surface area contributed by atoms with E-state index in [1.165, 1.54) is 32.1 Å². The molecule has 0 rings (SSSR count). The van der Waals surface area contributed by atoms with Gasteiger partial charge in [-0.15, -0.1) is 0 Å².